The van der Waals surface area contributed by atoms with Crippen molar-refractivity contribution in [3.8, 4) is 5.95 Å². The minimum absolute atomic E-state index is 0.0283. The van der Waals surface area contributed by atoms with Gasteiger partial charge < -0.3 is 5.32 Å². The molecular weight excluding hydrogens is 385 g/mol. The van der Waals surface area contributed by atoms with E-state index < -0.39 is 23.7 Å². The Labute approximate surface area is 164 Å². The van der Waals surface area contributed by atoms with Gasteiger partial charge in [0.15, 0.2) is 5.82 Å². The summed E-state index contributed by atoms with van der Waals surface area (Å²) in [7, 11) is 0. The second kappa shape index (κ2) is 7.26. The molecule has 3 aromatic rings. The van der Waals surface area contributed by atoms with Crippen LogP contribution in [0.15, 0.2) is 43.0 Å². The molecule has 29 heavy (non-hydrogen) atoms. The molecule has 0 aliphatic heterocycles. The molecule has 1 aliphatic rings. The molecule has 2 heterocycles. The minimum Gasteiger partial charge on any atom is -0.342 e. The van der Waals surface area contributed by atoms with Crippen molar-refractivity contribution in [2.75, 3.05) is 0 Å². The Morgan fingerprint density at radius 1 is 1.17 bits per heavy atom. The average Bonchev–Trinajstić information content (AvgIpc) is 3.44. The number of carbonyl (C=O) groups is 1. The van der Waals surface area contributed by atoms with Gasteiger partial charge in [-0.15, -0.1) is 5.10 Å². The summed E-state index contributed by atoms with van der Waals surface area (Å²) in [5, 5.41) is 6.88. The molecule has 1 atom stereocenters. The number of nitrogens with zero attached hydrogens (tertiary/aromatic N) is 5. The van der Waals surface area contributed by atoms with Gasteiger partial charge in [0.25, 0.3) is 11.9 Å². The van der Waals surface area contributed by atoms with Crippen LogP contribution in [0.25, 0.3) is 5.95 Å². The monoisotopic (exact) mass is 402 g/mol. The van der Waals surface area contributed by atoms with Crippen LogP contribution < -0.4 is 5.32 Å². The zero-order valence-corrected chi connectivity index (χ0v) is 15.4. The molecule has 1 N–H and O–H groups in total. The van der Waals surface area contributed by atoms with Crippen LogP contribution in [0.4, 0.5) is 13.2 Å². The van der Waals surface area contributed by atoms with Gasteiger partial charge in [-0.05, 0) is 55.5 Å². The van der Waals surface area contributed by atoms with E-state index in [0.717, 1.165) is 25.0 Å². The van der Waals surface area contributed by atoms with Crippen LogP contribution in [-0.4, -0.2) is 30.6 Å². The molecule has 0 radical (unpaired) electrons. The number of carbonyl (C=O) groups excluding carboxylic acids is 1. The Hall–Kier alpha value is -3.30. The molecule has 7 nitrogen and oxygen atoms in total. The lowest BCUT2D eigenvalue weighted by molar-refractivity contribution is -0.137. The number of hydrogen-bond donors (Lipinski definition) is 1. The summed E-state index contributed by atoms with van der Waals surface area (Å²) in [4.78, 5) is 24.8. The van der Waals surface area contributed by atoms with E-state index in [4.69, 9.17) is 0 Å². The molecule has 1 saturated carbocycles. The van der Waals surface area contributed by atoms with Gasteiger partial charge in [-0.2, -0.15) is 17.9 Å². The molecule has 4 rings (SSSR count). The Balaban J connectivity index is 1.53. The summed E-state index contributed by atoms with van der Waals surface area (Å²) < 4.78 is 41.0. The van der Waals surface area contributed by atoms with E-state index in [1.165, 1.54) is 17.1 Å². The summed E-state index contributed by atoms with van der Waals surface area (Å²) in [6, 6.07) is 4.57. The van der Waals surface area contributed by atoms with Crippen molar-refractivity contribution in [3.05, 3.63) is 65.5 Å². The molecule has 0 spiro atoms. The average molecular weight is 402 g/mol. The fraction of sp³-hybridized carbons (Fsp3) is 0.316. The maximum atomic E-state index is 13.2. The van der Waals surface area contributed by atoms with Crippen molar-refractivity contribution in [1.29, 1.82) is 0 Å². The van der Waals surface area contributed by atoms with Crippen LogP contribution in [-0.2, 0) is 6.18 Å². The lowest BCUT2D eigenvalue weighted by atomic mass is 10.0. The molecule has 0 bridgehead atoms. The van der Waals surface area contributed by atoms with Crippen molar-refractivity contribution in [3.63, 3.8) is 0 Å². The maximum absolute atomic E-state index is 13.2. The molecule has 0 saturated heterocycles. The van der Waals surface area contributed by atoms with E-state index in [1.807, 2.05) is 0 Å². The van der Waals surface area contributed by atoms with Crippen LogP contribution >= 0.6 is 0 Å². The third-order valence-corrected chi connectivity index (χ3v) is 4.60. The molecule has 150 valence electrons. The summed E-state index contributed by atoms with van der Waals surface area (Å²) in [6.07, 6.45) is 1.67. The van der Waals surface area contributed by atoms with Gasteiger partial charge in [0.1, 0.15) is 6.33 Å². The standard InChI is InChI=1S/C19H17F3N6O/c1-11(16-25-10-28(27-16)18-23-5-2-6-24-18)26-17(29)14-7-13(12-3-4-12)8-15(9-14)19(20,21)22/h2,5-12H,3-4H2,1H3,(H,26,29). The first-order valence-electron chi connectivity index (χ1n) is 9.03. The highest BCUT2D eigenvalue weighted by Gasteiger charge is 2.34. The maximum Gasteiger partial charge on any atom is 0.416 e. The van der Waals surface area contributed by atoms with Crippen LogP contribution in [0.3, 0.4) is 0 Å². The smallest absolute Gasteiger partial charge is 0.342 e. The number of rotatable bonds is 5. The van der Waals surface area contributed by atoms with Crippen molar-refractivity contribution in [1.82, 2.24) is 30.0 Å². The Morgan fingerprint density at radius 2 is 1.90 bits per heavy atom. The molecule has 2 aromatic heterocycles. The topological polar surface area (TPSA) is 85.6 Å². The third-order valence-electron chi connectivity index (χ3n) is 4.60. The minimum atomic E-state index is -4.51. The number of aromatic nitrogens is 5. The number of nitrogens with one attached hydrogen (secondary N) is 1. The third kappa shape index (κ3) is 4.25. The van der Waals surface area contributed by atoms with Gasteiger partial charge in [-0.25, -0.2) is 15.0 Å². The summed E-state index contributed by atoms with van der Waals surface area (Å²) in [6.45, 7) is 1.65. The predicted octanol–water partition coefficient (Wildman–Crippen LogP) is 3.44. The normalized spacial score (nSPS) is 15.2. The zero-order valence-electron chi connectivity index (χ0n) is 15.4. The van der Waals surface area contributed by atoms with Gasteiger partial charge in [0.2, 0.25) is 0 Å². The molecule has 1 amide bonds. The summed E-state index contributed by atoms with van der Waals surface area (Å²) in [5.41, 5.74) is -0.302. The largest absolute Gasteiger partial charge is 0.416 e. The fourth-order valence-corrected chi connectivity index (χ4v) is 2.92. The van der Waals surface area contributed by atoms with Crippen LogP contribution in [0.5, 0.6) is 0 Å². The van der Waals surface area contributed by atoms with Crippen LogP contribution in [0.2, 0.25) is 0 Å². The lowest BCUT2D eigenvalue weighted by Crippen LogP contribution is -2.28. The van der Waals surface area contributed by atoms with Gasteiger partial charge in [-0.3, -0.25) is 4.79 Å². The number of halogens is 3. The van der Waals surface area contributed by atoms with E-state index in [9.17, 15) is 18.0 Å². The Bertz CT molecular complexity index is 1030. The van der Waals surface area contributed by atoms with Crippen molar-refractivity contribution < 1.29 is 18.0 Å². The van der Waals surface area contributed by atoms with Gasteiger partial charge in [0.05, 0.1) is 11.6 Å². The quantitative estimate of drug-likeness (QED) is 0.707. The van der Waals surface area contributed by atoms with E-state index >= 15 is 0 Å². The first kappa shape index (κ1) is 19.0. The van der Waals surface area contributed by atoms with Gasteiger partial charge in [0, 0.05) is 18.0 Å². The second-order valence-electron chi connectivity index (χ2n) is 6.91. The van der Waals surface area contributed by atoms with Crippen LogP contribution in [0, 0.1) is 0 Å². The number of alkyl halides is 3. The fourth-order valence-electron chi connectivity index (χ4n) is 2.92. The van der Waals surface area contributed by atoms with Gasteiger partial charge >= 0.3 is 6.18 Å². The molecule has 10 heteroatoms. The number of hydrogen-bond acceptors (Lipinski definition) is 5. The highest BCUT2D eigenvalue weighted by molar-refractivity contribution is 5.94. The number of amides is 1. The van der Waals surface area contributed by atoms with Crippen molar-refractivity contribution in [2.24, 2.45) is 0 Å². The summed E-state index contributed by atoms with van der Waals surface area (Å²) in [5.74, 6) is 0.0826. The molecule has 1 aliphatic carbocycles. The Morgan fingerprint density at radius 3 is 2.55 bits per heavy atom. The SMILES string of the molecule is CC(NC(=O)c1cc(C2CC2)cc(C(F)(F)F)c1)c1ncn(-c2ncccn2)n1. The highest BCUT2D eigenvalue weighted by atomic mass is 19.4. The lowest BCUT2D eigenvalue weighted by Gasteiger charge is -2.14. The predicted molar refractivity (Wildman–Crippen MR) is 96.2 cm³/mol. The highest BCUT2D eigenvalue weighted by Crippen LogP contribution is 2.42. The van der Waals surface area contributed by atoms with Crippen molar-refractivity contribution in [2.45, 2.75) is 37.9 Å². The van der Waals surface area contributed by atoms with Crippen molar-refractivity contribution >= 4 is 5.91 Å². The van der Waals surface area contributed by atoms with E-state index in [-0.39, 0.29) is 11.5 Å². The van der Waals surface area contributed by atoms with E-state index in [0.29, 0.717) is 17.3 Å². The van der Waals surface area contributed by atoms with Crippen LogP contribution in [0.1, 0.15) is 59.0 Å². The van der Waals surface area contributed by atoms with Gasteiger partial charge in [-0.1, -0.05) is 0 Å². The van der Waals surface area contributed by atoms with E-state index in [2.05, 4.69) is 25.4 Å². The first-order chi connectivity index (χ1) is 13.8. The Kier molecular flexibility index (Phi) is 4.77. The molecule has 1 fully saturated rings. The first-order valence-corrected chi connectivity index (χ1v) is 9.03. The molecular formula is C19H17F3N6O. The summed E-state index contributed by atoms with van der Waals surface area (Å²) >= 11 is 0. The second-order valence-corrected chi connectivity index (χ2v) is 6.91. The van der Waals surface area contributed by atoms with E-state index in [1.54, 1.807) is 25.4 Å². The molecule has 1 aromatic carbocycles. The zero-order chi connectivity index (χ0) is 20.6. The number of benzene rings is 1. The molecule has 1 unspecified atom stereocenters.